The molecule has 0 aliphatic carbocycles. The topological polar surface area (TPSA) is 61.4 Å². The standard InChI is InChI=1S/C16H24N2O2/c1-12(14-3-2-8-17-10-14)9-16(20)18-15-6-4-13(11-19)5-7-15/h4-7,12,14,17,19H,2-3,8-11H2,1H3,(H,18,20). The van der Waals surface area contributed by atoms with E-state index < -0.39 is 0 Å². The minimum Gasteiger partial charge on any atom is -0.392 e. The number of anilines is 1. The van der Waals surface area contributed by atoms with Crippen LogP contribution in [0.4, 0.5) is 5.69 Å². The quantitative estimate of drug-likeness (QED) is 0.772. The Morgan fingerprint density at radius 2 is 2.20 bits per heavy atom. The number of carbonyl (C=O) groups is 1. The zero-order chi connectivity index (χ0) is 14.4. The number of benzene rings is 1. The van der Waals surface area contributed by atoms with Gasteiger partial charge >= 0.3 is 0 Å². The summed E-state index contributed by atoms with van der Waals surface area (Å²) >= 11 is 0. The van der Waals surface area contributed by atoms with E-state index in [0.29, 0.717) is 18.3 Å². The predicted molar refractivity (Wildman–Crippen MR) is 80.4 cm³/mol. The highest BCUT2D eigenvalue weighted by molar-refractivity contribution is 5.90. The number of rotatable bonds is 5. The largest absolute Gasteiger partial charge is 0.392 e. The zero-order valence-corrected chi connectivity index (χ0v) is 12.1. The van der Waals surface area contributed by atoms with Crippen molar-refractivity contribution >= 4 is 11.6 Å². The van der Waals surface area contributed by atoms with Crippen LogP contribution in [-0.4, -0.2) is 24.1 Å². The van der Waals surface area contributed by atoms with Gasteiger partial charge in [0.05, 0.1) is 6.61 Å². The molecule has 1 aromatic carbocycles. The maximum Gasteiger partial charge on any atom is 0.224 e. The van der Waals surface area contributed by atoms with Crippen LogP contribution in [0.1, 0.15) is 31.7 Å². The van der Waals surface area contributed by atoms with Gasteiger partial charge in [-0.2, -0.15) is 0 Å². The summed E-state index contributed by atoms with van der Waals surface area (Å²) in [6, 6.07) is 7.31. The number of amides is 1. The molecule has 1 aliphatic rings. The lowest BCUT2D eigenvalue weighted by molar-refractivity contribution is -0.117. The van der Waals surface area contributed by atoms with Gasteiger partial charge in [-0.05, 0) is 55.5 Å². The van der Waals surface area contributed by atoms with Crippen LogP contribution in [0.25, 0.3) is 0 Å². The fourth-order valence-corrected chi connectivity index (χ4v) is 2.73. The smallest absolute Gasteiger partial charge is 0.224 e. The van der Waals surface area contributed by atoms with E-state index in [4.69, 9.17) is 5.11 Å². The number of aliphatic hydroxyl groups is 1. The highest BCUT2D eigenvalue weighted by Gasteiger charge is 2.21. The molecule has 3 N–H and O–H groups in total. The monoisotopic (exact) mass is 276 g/mol. The average Bonchev–Trinajstić information content (AvgIpc) is 2.49. The molecule has 1 aromatic rings. The minimum absolute atomic E-state index is 0.0277. The van der Waals surface area contributed by atoms with Gasteiger partial charge in [0.25, 0.3) is 0 Å². The van der Waals surface area contributed by atoms with Gasteiger partial charge in [-0.1, -0.05) is 19.1 Å². The van der Waals surface area contributed by atoms with Gasteiger partial charge in [-0.15, -0.1) is 0 Å². The molecule has 4 nitrogen and oxygen atoms in total. The number of aliphatic hydroxyl groups excluding tert-OH is 1. The summed E-state index contributed by atoms with van der Waals surface area (Å²) in [4.78, 5) is 12.0. The van der Waals surface area contributed by atoms with E-state index in [1.54, 1.807) is 0 Å². The number of carbonyl (C=O) groups excluding carboxylic acids is 1. The van der Waals surface area contributed by atoms with E-state index in [9.17, 15) is 4.79 Å². The maximum absolute atomic E-state index is 12.0. The molecule has 2 unspecified atom stereocenters. The van der Waals surface area contributed by atoms with Gasteiger partial charge in [-0.25, -0.2) is 0 Å². The lowest BCUT2D eigenvalue weighted by Gasteiger charge is -2.28. The summed E-state index contributed by atoms with van der Waals surface area (Å²) in [7, 11) is 0. The normalized spacial score (nSPS) is 20.4. The average molecular weight is 276 g/mol. The Hall–Kier alpha value is -1.39. The van der Waals surface area contributed by atoms with E-state index in [1.807, 2.05) is 24.3 Å². The Kier molecular flexibility index (Phi) is 5.56. The van der Waals surface area contributed by atoms with Gasteiger partial charge in [0.2, 0.25) is 5.91 Å². The van der Waals surface area contributed by atoms with E-state index in [0.717, 1.165) is 24.3 Å². The van der Waals surface area contributed by atoms with Crippen LogP contribution in [0.2, 0.25) is 0 Å². The van der Waals surface area contributed by atoms with Crippen LogP contribution in [-0.2, 0) is 11.4 Å². The summed E-state index contributed by atoms with van der Waals surface area (Å²) in [6.45, 7) is 4.32. The van der Waals surface area contributed by atoms with Crippen molar-refractivity contribution in [1.29, 1.82) is 0 Å². The first kappa shape index (κ1) is 15.0. The Balaban J connectivity index is 1.81. The predicted octanol–water partition coefficient (Wildman–Crippen LogP) is 2.14. The van der Waals surface area contributed by atoms with Crippen LogP contribution in [0, 0.1) is 11.8 Å². The summed E-state index contributed by atoms with van der Waals surface area (Å²) < 4.78 is 0. The molecular weight excluding hydrogens is 252 g/mol. The molecule has 4 heteroatoms. The number of hydrogen-bond donors (Lipinski definition) is 3. The van der Waals surface area contributed by atoms with Crippen molar-refractivity contribution in [2.24, 2.45) is 11.8 Å². The molecule has 0 radical (unpaired) electrons. The zero-order valence-electron chi connectivity index (χ0n) is 12.1. The van der Waals surface area contributed by atoms with Crippen LogP contribution >= 0.6 is 0 Å². The lowest BCUT2D eigenvalue weighted by atomic mass is 9.85. The van der Waals surface area contributed by atoms with Gasteiger partial charge in [0.1, 0.15) is 0 Å². The minimum atomic E-state index is 0.0277. The number of piperidine rings is 1. The fourth-order valence-electron chi connectivity index (χ4n) is 2.73. The highest BCUT2D eigenvalue weighted by Crippen LogP contribution is 2.23. The molecule has 1 saturated heterocycles. The molecule has 1 fully saturated rings. The SMILES string of the molecule is CC(CC(=O)Nc1ccc(CO)cc1)C1CCCNC1. The van der Waals surface area contributed by atoms with Crippen LogP contribution in [0.3, 0.4) is 0 Å². The van der Waals surface area contributed by atoms with Crippen LogP contribution in [0.15, 0.2) is 24.3 Å². The molecule has 0 spiro atoms. The van der Waals surface area contributed by atoms with Gasteiger partial charge in [0.15, 0.2) is 0 Å². The van der Waals surface area contributed by atoms with E-state index >= 15 is 0 Å². The van der Waals surface area contributed by atoms with Gasteiger partial charge in [-0.3, -0.25) is 4.79 Å². The van der Waals surface area contributed by atoms with E-state index in [1.165, 1.54) is 12.8 Å². The molecule has 1 heterocycles. The molecule has 0 bridgehead atoms. The van der Waals surface area contributed by atoms with Gasteiger partial charge in [0, 0.05) is 12.1 Å². The Bertz CT molecular complexity index is 425. The molecule has 0 aromatic heterocycles. The Morgan fingerprint density at radius 1 is 1.45 bits per heavy atom. The Morgan fingerprint density at radius 3 is 2.80 bits per heavy atom. The molecule has 110 valence electrons. The van der Waals surface area contributed by atoms with E-state index in [2.05, 4.69) is 17.6 Å². The lowest BCUT2D eigenvalue weighted by Crippen LogP contribution is -2.34. The first-order valence-electron chi connectivity index (χ1n) is 7.39. The molecule has 2 atom stereocenters. The second kappa shape index (κ2) is 7.41. The second-order valence-electron chi connectivity index (χ2n) is 5.69. The molecule has 1 aliphatic heterocycles. The van der Waals surface area contributed by atoms with Crippen molar-refractivity contribution in [3.63, 3.8) is 0 Å². The molecule has 1 amide bonds. The van der Waals surface area contributed by atoms with Crippen molar-refractivity contribution in [1.82, 2.24) is 5.32 Å². The van der Waals surface area contributed by atoms with Crippen LogP contribution in [0.5, 0.6) is 0 Å². The second-order valence-corrected chi connectivity index (χ2v) is 5.69. The maximum atomic E-state index is 12.0. The van der Waals surface area contributed by atoms with Crippen molar-refractivity contribution in [2.75, 3.05) is 18.4 Å². The summed E-state index contributed by atoms with van der Waals surface area (Å²) in [5.41, 5.74) is 1.64. The van der Waals surface area contributed by atoms with Crippen molar-refractivity contribution < 1.29 is 9.90 Å². The third-order valence-corrected chi connectivity index (χ3v) is 4.07. The molecular formula is C16H24N2O2. The third-order valence-electron chi connectivity index (χ3n) is 4.07. The van der Waals surface area contributed by atoms with Crippen molar-refractivity contribution in [3.8, 4) is 0 Å². The first-order chi connectivity index (χ1) is 9.69. The van der Waals surface area contributed by atoms with Crippen molar-refractivity contribution in [3.05, 3.63) is 29.8 Å². The highest BCUT2D eigenvalue weighted by atomic mass is 16.3. The summed E-state index contributed by atoms with van der Waals surface area (Å²) in [6.07, 6.45) is 2.99. The summed E-state index contributed by atoms with van der Waals surface area (Å²) in [5.74, 6) is 1.07. The third kappa shape index (κ3) is 4.32. The molecule has 20 heavy (non-hydrogen) atoms. The first-order valence-corrected chi connectivity index (χ1v) is 7.39. The number of nitrogens with one attached hydrogen (secondary N) is 2. The number of hydrogen-bond acceptors (Lipinski definition) is 3. The summed E-state index contributed by atoms with van der Waals surface area (Å²) in [5, 5.41) is 15.3. The van der Waals surface area contributed by atoms with Crippen molar-refractivity contribution in [2.45, 2.75) is 32.8 Å². The van der Waals surface area contributed by atoms with Crippen LogP contribution < -0.4 is 10.6 Å². The van der Waals surface area contributed by atoms with Gasteiger partial charge < -0.3 is 15.7 Å². The Labute approximate surface area is 120 Å². The molecule has 0 saturated carbocycles. The van der Waals surface area contributed by atoms with E-state index in [-0.39, 0.29) is 12.5 Å². The molecule has 2 rings (SSSR count). The fraction of sp³-hybridized carbons (Fsp3) is 0.562.